The average molecular weight is 267 g/mol. The summed E-state index contributed by atoms with van der Waals surface area (Å²) in [6.07, 6.45) is 3.30. The van der Waals surface area contributed by atoms with E-state index < -0.39 is 11.9 Å². The highest BCUT2D eigenvalue weighted by atomic mass is 16.4. The molecule has 1 N–H and O–H groups in total. The second-order valence-corrected chi connectivity index (χ2v) is 7.12. The number of nitrogens with zero attached hydrogens (tertiary/aromatic N) is 1. The lowest BCUT2D eigenvalue weighted by Crippen LogP contribution is -2.38. The van der Waals surface area contributed by atoms with E-state index in [4.69, 9.17) is 0 Å². The molecule has 2 fully saturated rings. The molecule has 2 aliphatic rings. The van der Waals surface area contributed by atoms with Crippen molar-refractivity contribution < 1.29 is 14.7 Å². The summed E-state index contributed by atoms with van der Waals surface area (Å²) in [6.45, 7) is 8.22. The molecule has 3 atom stereocenters. The number of hydrogen-bond donors (Lipinski definition) is 1. The summed E-state index contributed by atoms with van der Waals surface area (Å²) in [7, 11) is 0. The Morgan fingerprint density at radius 2 is 1.74 bits per heavy atom. The molecule has 4 heteroatoms. The number of carboxylic acids is 1. The normalized spacial score (nSPS) is 31.7. The van der Waals surface area contributed by atoms with Gasteiger partial charge in [-0.3, -0.25) is 9.59 Å². The monoisotopic (exact) mass is 267 g/mol. The summed E-state index contributed by atoms with van der Waals surface area (Å²) in [4.78, 5) is 25.6. The Hall–Kier alpha value is -1.06. The fraction of sp³-hybridized carbons (Fsp3) is 0.867. The molecule has 1 aliphatic heterocycles. The molecule has 1 amide bonds. The van der Waals surface area contributed by atoms with Gasteiger partial charge >= 0.3 is 5.97 Å². The summed E-state index contributed by atoms with van der Waals surface area (Å²) in [5.74, 6) is -0.933. The van der Waals surface area contributed by atoms with E-state index >= 15 is 0 Å². The van der Waals surface area contributed by atoms with Crippen LogP contribution in [-0.2, 0) is 9.59 Å². The molecule has 19 heavy (non-hydrogen) atoms. The minimum Gasteiger partial charge on any atom is -0.481 e. The summed E-state index contributed by atoms with van der Waals surface area (Å²) in [6, 6.07) is 0. The lowest BCUT2D eigenvalue weighted by Gasteiger charge is -2.28. The number of carbonyl (C=O) groups excluding carboxylic acids is 1. The first kappa shape index (κ1) is 14.4. The van der Waals surface area contributed by atoms with E-state index in [0.717, 1.165) is 32.4 Å². The Kier molecular flexibility index (Phi) is 3.88. The van der Waals surface area contributed by atoms with Gasteiger partial charge in [-0.25, -0.2) is 0 Å². The molecule has 108 valence electrons. The fourth-order valence-electron chi connectivity index (χ4n) is 3.45. The minimum atomic E-state index is -0.803. The van der Waals surface area contributed by atoms with Crippen molar-refractivity contribution in [1.29, 1.82) is 0 Å². The highest BCUT2D eigenvalue weighted by molar-refractivity contribution is 5.85. The van der Waals surface area contributed by atoms with Gasteiger partial charge in [-0.1, -0.05) is 27.2 Å². The van der Waals surface area contributed by atoms with Gasteiger partial charge in [-0.15, -0.1) is 0 Å². The summed E-state index contributed by atoms with van der Waals surface area (Å²) < 4.78 is 0. The number of aliphatic carboxylic acids is 1. The molecule has 1 saturated heterocycles. The van der Waals surface area contributed by atoms with Gasteiger partial charge in [0, 0.05) is 13.1 Å². The summed E-state index contributed by atoms with van der Waals surface area (Å²) in [5, 5.41) is 9.19. The van der Waals surface area contributed by atoms with Crippen molar-refractivity contribution in [2.24, 2.45) is 23.2 Å². The van der Waals surface area contributed by atoms with Crippen LogP contribution in [0.25, 0.3) is 0 Å². The standard InChI is InChI=1S/C15H25NO3/c1-15(2,3)10-7-8-16(9-10)13(17)11-5-4-6-12(11)14(18)19/h10-12H,4-9H2,1-3H3,(H,18,19)/t10?,11-,12+/m1/s1. The molecule has 0 bridgehead atoms. The van der Waals surface area contributed by atoms with Crippen LogP contribution in [-0.4, -0.2) is 35.0 Å². The first-order valence-electron chi connectivity index (χ1n) is 7.32. The minimum absolute atomic E-state index is 0.0802. The number of amides is 1. The van der Waals surface area contributed by atoms with E-state index in [-0.39, 0.29) is 17.2 Å². The maximum atomic E-state index is 12.5. The van der Waals surface area contributed by atoms with Crippen LogP contribution in [0.4, 0.5) is 0 Å². The average Bonchev–Trinajstić information content (AvgIpc) is 2.96. The van der Waals surface area contributed by atoms with E-state index in [1.54, 1.807) is 0 Å². The molecule has 4 nitrogen and oxygen atoms in total. The molecule has 0 aromatic carbocycles. The highest BCUT2D eigenvalue weighted by Crippen LogP contribution is 2.37. The predicted molar refractivity (Wildman–Crippen MR) is 72.6 cm³/mol. The third kappa shape index (κ3) is 2.93. The molecule has 0 aromatic rings. The van der Waals surface area contributed by atoms with Gasteiger partial charge in [0.25, 0.3) is 0 Å². The highest BCUT2D eigenvalue weighted by Gasteiger charge is 2.42. The largest absolute Gasteiger partial charge is 0.481 e. The molecule has 0 radical (unpaired) electrons. The van der Waals surface area contributed by atoms with Crippen molar-refractivity contribution in [2.45, 2.75) is 46.5 Å². The van der Waals surface area contributed by atoms with Gasteiger partial charge in [0.05, 0.1) is 11.8 Å². The van der Waals surface area contributed by atoms with Crippen molar-refractivity contribution in [3.63, 3.8) is 0 Å². The van der Waals surface area contributed by atoms with Crippen molar-refractivity contribution in [1.82, 2.24) is 4.90 Å². The zero-order valence-electron chi connectivity index (χ0n) is 12.2. The number of hydrogen-bond acceptors (Lipinski definition) is 2. The van der Waals surface area contributed by atoms with Crippen LogP contribution in [0, 0.1) is 23.2 Å². The molecule has 1 heterocycles. The zero-order chi connectivity index (χ0) is 14.2. The van der Waals surface area contributed by atoms with Crippen molar-refractivity contribution in [3.05, 3.63) is 0 Å². The molecule has 1 saturated carbocycles. The van der Waals surface area contributed by atoms with Gasteiger partial charge in [0.2, 0.25) is 5.91 Å². The summed E-state index contributed by atoms with van der Waals surface area (Å²) in [5.41, 5.74) is 0.219. The number of carboxylic acid groups (broad SMARTS) is 1. The second kappa shape index (κ2) is 5.14. The molecule has 2 rings (SSSR count). The van der Waals surface area contributed by atoms with Crippen LogP contribution in [0.15, 0.2) is 0 Å². The van der Waals surface area contributed by atoms with Gasteiger partial charge in [-0.05, 0) is 30.6 Å². The van der Waals surface area contributed by atoms with E-state index in [0.29, 0.717) is 12.3 Å². The Balaban J connectivity index is 2.00. The molecule has 0 aromatic heterocycles. The van der Waals surface area contributed by atoms with E-state index in [2.05, 4.69) is 20.8 Å². The Bertz CT molecular complexity index is 372. The molecule has 0 spiro atoms. The molecular weight excluding hydrogens is 242 g/mol. The van der Waals surface area contributed by atoms with Gasteiger partial charge in [0.15, 0.2) is 0 Å². The quantitative estimate of drug-likeness (QED) is 0.835. The first-order chi connectivity index (χ1) is 8.80. The van der Waals surface area contributed by atoms with Crippen LogP contribution in [0.2, 0.25) is 0 Å². The second-order valence-electron chi connectivity index (χ2n) is 7.12. The summed E-state index contributed by atoms with van der Waals surface area (Å²) >= 11 is 0. The van der Waals surface area contributed by atoms with E-state index in [1.165, 1.54) is 0 Å². The SMILES string of the molecule is CC(C)(C)C1CCN(C(=O)[C@@H]2CCC[C@@H]2C(=O)O)C1. The smallest absolute Gasteiger partial charge is 0.307 e. The topological polar surface area (TPSA) is 57.6 Å². The maximum Gasteiger partial charge on any atom is 0.307 e. The van der Waals surface area contributed by atoms with E-state index in [9.17, 15) is 14.7 Å². The Labute approximate surface area is 115 Å². The Morgan fingerprint density at radius 1 is 1.11 bits per heavy atom. The van der Waals surface area contributed by atoms with Gasteiger partial charge < -0.3 is 10.0 Å². The van der Waals surface area contributed by atoms with Crippen LogP contribution < -0.4 is 0 Å². The van der Waals surface area contributed by atoms with Gasteiger partial charge in [-0.2, -0.15) is 0 Å². The fourth-order valence-corrected chi connectivity index (χ4v) is 3.45. The lowest BCUT2D eigenvalue weighted by molar-refractivity contribution is -0.148. The first-order valence-corrected chi connectivity index (χ1v) is 7.32. The van der Waals surface area contributed by atoms with Crippen LogP contribution in [0.1, 0.15) is 46.5 Å². The lowest BCUT2D eigenvalue weighted by atomic mass is 9.80. The van der Waals surface area contributed by atoms with Crippen molar-refractivity contribution >= 4 is 11.9 Å². The molecule has 1 unspecified atom stereocenters. The number of carbonyl (C=O) groups is 2. The van der Waals surface area contributed by atoms with Crippen molar-refractivity contribution in [3.8, 4) is 0 Å². The molecular formula is C15H25NO3. The van der Waals surface area contributed by atoms with Gasteiger partial charge in [0.1, 0.15) is 0 Å². The predicted octanol–water partition coefficient (Wildman–Crippen LogP) is 2.38. The van der Waals surface area contributed by atoms with Crippen molar-refractivity contribution in [2.75, 3.05) is 13.1 Å². The van der Waals surface area contributed by atoms with Crippen LogP contribution in [0.3, 0.4) is 0 Å². The van der Waals surface area contributed by atoms with E-state index in [1.807, 2.05) is 4.90 Å². The third-order valence-electron chi connectivity index (χ3n) is 4.88. The Morgan fingerprint density at radius 3 is 2.26 bits per heavy atom. The maximum absolute atomic E-state index is 12.5. The van der Waals surface area contributed by atoms with Crippen LogP contribution in [0.5, 0.6) is 0 Å². The van der Waals surface area contributed by atoms with Crippen LogP contribution >= 0.6 is 0 Å². The number of rotatable bonds is 2. The number of likely N-dealkylation sites (tertiary alicyclic amines) is 1. The zero-order valence-corrected chi connectivity index (χ0v) is 12.2. The third-order valence-corrected chi connectivity index (χ3v) is 4.88. The molecule has 1 aliphatic carbocycles.